The van der Waals surface area contributed by atoms with E-state index in [1.165, 1.54) is 17.9 Å². The Morgan fingerprint density at radius 3 is 2.62 bits per heavy atom. The summed E-state index contributed by atoms with van der Waals surface area (Å²) in [5.41, 5.74) is -0.451. The molecule has 29 heavy (non-hydrogen) atoms. The van der Waals surface area contributed by atoms with Gasteiger partial charge in [-0.05, 0) is 32.3 Å². The van der Waals surface area contributed by atoms with Crippen LogP contribution in [0.3, 0.4) is 0 Å². The summed E-state index contributed by atoms with van der Waals surface area (Å²) >= 11 is 0. The smallest absolute Gasteiger partial charge is 0.414 e. The molecule has 0 saturated carbocycles. The van der Waals surface area contributed by atoms with Crippen LogP contribution in [0.1, 0.15) is 19.8 Å². The van der Waals surface area contributed by atoms with Gasteiger partial charge in [0.1, 0.15) is 17.6 Å². The first kappa shape index (κ1) is 21.3. The lowest BCUT2D eigenvalue weighted by atomic mass is 9.92. The molecule has 1 aromatic carbocycles. The van der Waals surface area contributed by atoms with E-state index in [0.29, 0.717) is 43.9 Å². The average Bonchev–Trinajstić information content (AvgIpc) is 3.01. The number of nitrogens with zero attached hydrogens (tertiary/aromatic N) is 3. The molecule has 9 heteroatoms. The van der Waals surface area contributed by atoms with Gasteiger partial charge in [-0.3, -0.25) is 9.69 Å². The Hall–Kier alpha value is -2.42. The maximum absolute atomic E-state index is 14.8. The van der Waals surface area contributed by atoms with Gasteiger partial charge in [-0.15, -0.1) is 0 Å². The van der Waals surface area contributed by atoms with Gasteiger partial charge in [-0.2, -0.15) is 0 Å². The minimum Gasteiger partial charge on any atom is -0.442 e. The normalized spacial score (nSPS) is 21.4. The molecule has 2 fully saturated rings. The van der Waals surface area contributed by atoms with Gasteiger partial charge >= 0.3 is 6.09 Å². The number of carbonyl (C=O) groups excluding carboxylic acids is 2. The van der Waals surface area contributed by atoms with E-state index in [2.05, 4.69) is 5.32 Å². The fourth-order valence-corrected chi connectivity index (χ4v) is 3.89. The molecule has 0 spiro atoms. The highest BCUT2D eigenvalue weighted by molar-refractivity contribution is 5.90. The van der Waals surface area contributed by atoms with Crippen LogP contribution in [0.2, 0.25) is 0 Å². The van der Waals surface area contributed by atoms with Crippen molar-refractivity contribution in [3.05, 3.63) is 24.0 Å². The van der Waals surface area contributed by atoms with Gasteiger partial charge in [0.2, 0.25) is 5.91 Å². The number of hydrogen-bond acceptors (Lipinski definition) is 5. The molecule has 2 saturated heterocycles. The molecule has 0 aromatic heterocycles. The molecule has 1 unspecified atom stereocenters. The van der Waals surface area contributed by atoms with Gasteiger partial charge < -0.3 is 19.9 Å². The number of benzene rings is 1. The number of cyclic esters (lactones) is 1. The Morgan fingerprint density at radius 2 is 2.03 bits per heavy atom. The first-order valence-corrected chi connectivity index (χ1v) is 9.77. The van der Waals surface area contributed by atoms with Crippen molar-refractivity contribution in [3.8, 4) is 0 Å². The van der Waals surface area contributed by atoms with Gasteiger partial charge in [0.15, 0.2) is 0 Å². The molecule has 160 valence electrons. The summed E-state index contributed by atoms with van der Waals surface area (Å²) in [5, 5.41) is 2.60. The fraction of sp³-hybridized carbons (Fsp3) is 0.600. The number of halogens is 2. The highest BCUT2D eigenvalue weighted by Gasteiger charge is 2.36. The van der Waals surface area contributed by atoms with E-state index in [0.717, 1.165) is 0 Å². The molecule has 2 aliphatic heterocycles. The first-order chi connectivity index (χ1) is 13.7. The van der Waals surface area contributed by atoms with E-state index in [1.807, 2.05) is 23.9 Å². The predicted molar refractivity (Wildman–Crippen MR) is 107 cm³/mol. The summed E-state index contributed by atoms with van der Waals surface area (Å²) in [5.74, 6) is -0.668. The van der Waals surface area contributed by atoms with E-state index in [9.17, 15) is 18.4 Å². The second-order valence-electron chi connectivity index (χ2n) is 8.06. The molecule has 1 aromatic rings. The minimum atomic E-state index is -1.25. The lowest BCUT2D eigenvalue weighted by molar-refractivity contribution is -0.119. The molecule has 1 N–H and O–H groups in total. The van der Waals surface area contributed by atoms with Crippen LogP contribution in [0.5, 0.6) is 0 Å². The zero-order chi connectivity index (χ0) is 21.2. The summed E-state index contributed by atoms with van der Waals surface area (Å²) in [6.07, 6.45) is -0.368. The van der Waals surface area contributed by atoms with E-state index >= 15 is 0 Å². The average molecular weight is 410 g/mol. The van der Waals surface area contributed by atoms with Gasteiger partial charge in [0.05, 0.1) is 24.5 Å². The summed E-state index contributed by atoms with van der Waals surface area (Å²) in [4.78, 5) is 28.1. The number of ether oxygens (including phenoxy) is 1. The van der Waals surface area contributed by atoms with Crippen molar-refractivity contribution in [2.24, 2.45) is 0 Å². The molecule has 7 nitrogen and oxygen atoms in total. The lowest BCUT2D eigenvalue weighted by Crippen LogP contribution is -2.47. The van der Waals surface area contributed by atoms with Crippen molar-refractivity contribution < 1.29 is 23.1 Å². The van der Waals surface area contributed by atoms with Gasteiger partial charge in [0, 0.05) is 39.4 Å². The summed E-state index contributed by atoms with van der Waals surface area (Å²) in [7, 11) is 3.69. The highest BCUT2D eigenvalue weighted by Crippen LogP contribution is 2.33. The van der Waals surface area contributed by atoms with Crippen molar-refractivity contribution in [2.75, 3.05) is 56.6 Å². The SMILES string of the molecule is CC(=O)NCC1CN(c2ccc(N3CCC(F)(CN(C)C)CC3)c(F)c2)C(=O)O1. The lowest BCUT2D eigenvalue weighted by Gasteiger charge is -2.39. The van der Waals surface area contributed by atoms with Crippen LogP contribution in [0.25, 0.3) is 0 Å². The first-order valence-electron chi connectivity index (χ1n) is 9.77. The molecule has 0 radical (unpaired) electrons. The second kappa shape index (κ2) is 8.52. The van der Waals surface area contributed by atoms with Crippen molar-refractivity contribution in [2.45, 2.75) is 31.5 Å². The monoisotopic (exact) mass is 410 g/mol. The molecular formula is C20H28F2N4O3. The second-order valence-corrected chi connectivity index (χ2v) is 8.06. The minimum absolute atomic E-state index is 0.209. The molecular weight excluding hydrogens is 382 g/mol. The maximum Gasteiger partial charge on any atom is 0.414 e. The zero-order valence-corrected chi connectivity index (χ0v) is 17.1. The van der Waals surface area contributed by atoms with Crippen LogP contribution in [0.15, 0.2) is 18.2 Å². The van der Waals surface area contributed by atoms with Crippen LogP contribution in [0, 0.1) is 5.82 Å². The Balaban J connectivity index is 1.64. The molecule has 2 amide bonds. The van der Waals surface area contributed by atoms with Crippen molar-refractivity contribution in [3.63, 3.8) is 0 Å². The summed E-state index contributed by atoms with van der Waals surface area (Å²) < 4.78 is 34.8. The molecule has 0 bridgehead atoms. The Bertz CT molecular complexity index is 766. The van der Waals surface area contributed by atoms with E-state index < -0.39 is 23.7 Å². The maximum atomic E-state index is 14.8. The summed E-state index contributed by atoms with van der Waals surface area (Å²) in [6, 6.07) is 4.59. The summed E-state index contributed by atoms with van der Waals surface area (Å²) in [6.45, 7) is 3.06. The number of carbonyl (C=O) groups is 2. The largest absolute Gasteiger partial charge is 0.442 e. The Labute approximate surface area is 169 Å². The highest BCUT2D eigenvalue weighted by atomic mass is 19.1. The molecule has 1 atom stereocenters. The number of piperidine rings is 1. The van der Waals surface area contributed by atoms with Crippen LogP contribution in [0.4, 0.5) is 25.0 Å². The van der Waals surface area contributed by atoms with Crippen LogP contribution >= 0.6 is 0 Å². The van der Waals surface area contributed by atoms with Crippen LogP contribution in [-0.4, -0.2) is 75.5 Å². The number of alkyl halides is 1. The number of rotatable bonds is 6. The third kappa shape index (κ3) is 5.14. The molecule has 3 rings (SSSR count). The van der Waals surface area contributed by atoms with Crippen LogP contribution < -0.4 is 15.1 Å². The van der Waals surface area contributed by atoms with Crippen molar-refractivity contribution in [1.29, 1.82) is 0 Å². The third-order valence-electron chi connectivity index (χ3n) is 5.30. The zero-order valence-electron chi connectivity index (χ0n) is 17.1. The van der Waals surface area contributed by atoms with Crippen molar-refractivity contribution >= 4 is 23.4 Å². The van der Waals surface area contributed by atoms with Gasteiger partial charge in [-0.1, -0.05) is 0 Å². The van der Waals surface area contributed by atoms with E-state index in [1.54, 1.807) is 12.1 Å². The number of anilines is 2. The number of nitrogens with one attached hydrogen (secondary N) is 1. The third-order valence-corrected chi connectivity index (χ3v) is 5.30. The van der Waals surface area contributed by atoms with Gasteiger partial charge in [0.25, 0.3) is 0 Å². The topological polar surface area (TPSA) is 65.1 Å². The number of amides is 2. The van der Waals surface area contributed by atoms with Gasteiger partial charge in [-0.25, -0.2) is 13.6 Å². The predicted octanol–water partition coefficient (Wildman–Crippen LogP) is 2.16. The Kier molecular flexibility index (Phi) is 6.26. The van der Waals surface area contributed by atoms with E-state index in [4.69, 9.17) is 4.74 Å². The quantitative estimate of drug-likeness (QED) is 0.779. The standard InChI is InChI=1S/C20H28F2N4O3/c1-14(27)23-11-16-12-26(19(28)29-16)15-4-5-18(17(21)10-15)25-8-6-20(22,7-9-25)13-24(2)3/h4-5,10,16H,6-9,11-13H2,1-3H3,(H,23,27). The number of hydrogen-bond donors (Lipinski definition) is 1. The molecule has 0 aliphatic carbocycles. The van der Waals surface area contributed by atoms with Crippen LogP contribution in [-0.2, 0) is 9.53 Å². The van der Waals surface area contributed by atoms with E-state index in [-0.39, 0.29) is 19.0 Å². The van der Waals surface area contributed by atoms with Crippen molar-refractivity contribution in [1.82, 2.24) is 10.2 Å². The Morgan fingerprint density at radius 1 is 1.34 bits per heavy atom. The molecule has 2 aliphatic rings. The molecule has 2 heterocycles. The fourth-order valence-electron chi connectivity index (χ4n) is 3.89.